The van der Waals surface area contributed by atoms with Crippen molar-refractivity contribution in [3.8, 4) is 56.4 Å². The summed E-state index contributed by atoms with van der Waals surface area (Å²) in [6.07, 6.45) is 0. The van der Waals surface area contributed by atoms with E-state index in [9.17, 15) is 0 Å². The molecule has 9 aromatic carbocycles. The molecule has 0 aliphatic carbocycles. The maximum atomic E-state index is 4.97. The first-order valence-electron chi connectivity index (χ1n) is 18.5. The van der Waals surface area contributed by atoms with Gasteiger partial charge in [0.25, 0.3) is 0 Å². The summed E-state index contributed by atoms with van der Waals surface area (Å²) in [6, 6.07) is 67.0. The minimum absolute atomic E-state index is 0.648. The van der Waals surface area contributed by atoms with Crippen molar-refractivity contribution in [2.45, 2.75) is 0 Å². The van der Waals surface area contributed by atoms with E-state index in [-0.39, 0.29) is 0 Å². The summed E-state index contributed by atoms with van der Waals surface area (Å²) in [5.74, 6) is 1.96. The highest BCUT2D eigenvalue weighted by Gasteiger charge is 2.18. The Bertz CT molecular complexity index is 3180. The van der Waals surface area contributed by atoms with Crippen LogP contribution in [0.5, 0.6) is 0 Å². The highest BCUT2D eigenvalue weighted by atomic mass is 32.1. The van der Waals surface area contributed by atoms with E-state index in [2.05, 4.69) is 127 Å². The van der Waals surface area contributed by atoms with E-state index < -0.39 is 0 Å². The lowest BCUT2D eigenvalue weighted by Crippen LogP contribution is -2.00. The lowest BCUT2D eigenvalue weighted by atomic mass is 9.87. The Hall–Kier alpha value is -7.01. The molecule has 0 unspecified atom stereocenters. The zero-order valence-corrected chi connectivity index (χ0v) is 30.5. The molecular weight excluding hydrogens is 687 g/mol. The summed E-state index contributed by atoms with van der Waals surface area (Å²) in [5, 5.41) is 10.1. The minimum atomic E-state index is 0.648. The fraction of sp³-hybridized carbons (Fsp3) is 0. The molecule has 11 rings (SSSR count). The molecule has 3 nitrogen and oxygen atoms in total. The summed E-state index contributed by atoms with van der Waals surface area (Å²) >= 11 is 1.89. The van der Waals surface area contributed by atoms with Crippen LogP contribution in [-0.4, -0.2) is 15.0 Å². The Kier molecular flexibility index (Phi) is 7.35. The number of hydrogen-bond acceptors (Lipinski definition) is 4. The highest BCUT2D eigenvalue weighted by Crippen LogP contribution is 2.45. The summed E-state index contributed by atoms with van der Waals surface area (Å²) in [5.41, 5.74) is 7.75. The molecule has 55 heavy (non-hydrogen) atoms. The Morgan fingerprint density at radius 3 is 1.31 bits per heavy atom. The van der Waals surface area contributed by atoms with Gasteiger partial charge < -0.3 is 0 Å². The molecule has 0 radical (unpaired) electrons. The van der Waals surface area contributed by atoms with Gasteiger partial charge in [-0.15, -0.1) is 11.3 Å². The van der Waals surface area contributed by atoms with Gasteiger partial charge in [0.1, 0.15) is 0 Å². The minimum Gasteiger partial charge on any atom is -0.208 e. The lowest BCUT2D eigenvalue weighted by molar-refractivity contribution is 1.07. The number of benzene rings is 9. The number of aromatic nitrogens is 3. The highest BCUT2D eigenvalue weighted by molar-refractivity contribution is 7.26. The number of nitrogens with zero attached hydrogens (tertiary/aromatic N) is 3. The van der Waals surface area contributed by atoms with E-state index in [1.54, 1.807) is 0 Å². The van der Waals surface area contributed by atoms with Gasteiger partial charge in [-0.05, 0) is 67.2 Å². The Labute approximate surface area is 321 Å². The molecule has 0 saturated carbocycles. The third-order valence-electron chi connectivity index (χ3n) is 10.7. The quantitative estimate of drug-likeness (QED) is 0.166. The average Bonchev–Trinajstić information content (AvgIpc) is 3.65. The van der Waals surface area contributed by atoms with Crippen LogP contribution >= 0.6 is 11.3 Å². The van der Waals surface area contributed by atoms with Crippen LogP contribution in [0.4, 0.5) is 0 Å². The predicted molar refractivity (Wildman–Crippen MR) is 232 cm³/mol. The molecule has 0 aliphatic heterocycles. The maximum Gasteiger partial charge on any atom is 0.164 e. The largest absolute Gasteiger partial charge is 0.208 e. The van der Waals surface area contributed by atoms with E-state index in [4.69, 9.17) is 15.0 Å². The number of thiophene rings is 1. The third kappa shape index (κ3) is 5.30. The summed E-state index contributed by atoms with van der Waals surface area (Å²) in [6.45, 7) is 0. The standard InChI is InChI=1S/C51H31N3S/c1-3-14-33(15-4-1)49-52-50(34-16-5-2-6-17-34)54-51(53-49)35-28-26-32(27-29-35)43-30-45-39-21-10-9-20-38(39)44(31-46(45)37-19-8-7-18-36(37)43)42-24-13-23-41-40-22-11-12-25-47(40)55-48(41)42/h1-31H. The van der Waals surface area contributed by atoms with E-state index in [0.29, 0.717) is 17.5 Å². The maximum absolute atomic E-state index is 4.97. The molecule has 256 valence electrons. The molecule has 0 N–H and O–H groups in total. The van der Waals surface area contributed by atoms with Crippen LogP contribution in [0.15, 0.2) is 188 Å². The van der Waals surface area contributed by atoms with Crippen molar-refractivity contribution in [1.29, 1.82) is 0 Å². The zero-order chi connectivity index (χ0) is 36.3. The van der Waals surface area contributed by atoms with Crippen molar-refractivity contribution in [3.05, 3.63) is 188 Å². The Morgan fingerprint density at radius 1 is 0.273 bits per heavy atom. The van der Waals surface area contributed by atoms with Gasteiger partial charge in [0.15, 0.2) is 17.5 Å². The molecule has 0 spiro atoms. The molecule has 0 aliphatic rings. The molecule has 2 aromatic heterocycles. The molecule has 2 heterocycles. The zero-order valence-electron chi connectivity index (χ0n) is 29.6. The van der Waals surface area contributed by atoms with Crippen molar-refractivity contribution >= 4 is 63.8 Å². The normalized spacial score (nSPS) is 11.6. The van der Waals surface area contributed by atoms with E-state index in [1.165, 1.54) is 69.2 Å². The van der Waals surface area contributed by atoms with E-state index in [0.717, 1.165) is 22.3 Å². The van der Waals surface area contributed by atoms with Crippen LogP contribution in [0.2, 0.25) is 0 Å². The molecule has 0 bridgehead atoms. The van der Waals surface area contributed by atoms with Gasteiger partial charge in [0.05, 0.1) is 0 Å². The van der Waals surface area contributed by atoms with Gasteiger partial charge in [-0.25, -0.2) is 15.0 Å². The molecule has 11 aromatic rings. The van der Waals surface area contributed by atoms with Crippen LogP contribution in [0.1, 0.15) is 0 Å². The average molecular weight is 718 g/mol. The molecule has 4 heteroatoms. The first-order valence-corrected chi connectivity index (χ1v) is 19.3. The van der Waals surface area contributed by atoms with Crippen LogP contribution in [-0.2, 0) is 0 Å². The fourth-order valence-electron chi connectivity index (χ4n) is 8.11. The number of rotatable bonds is 5. The van der Waals surface area contributed by atoms with Gasteiger partial charge >= 0.3 is 0 Å². The molecule has 0 saturated heterocycles. The molecule has 0 atom stereocenters. The summed E-state index contributed by atoms with van der Waals surface area (Å²) in [7, 11) is 0. The number of fused-ring (bicyclic) bond motifs is 8. The smallest absolute Gasteiger partial charge is 0.164 e. The van der Waals surface area contributed by atoms with Crippen LogP contribution in [0.3, 0.4) is 0 Å². The second-order valence-electron chi connectivity index (χ2n) is 13.9. The topological polar surface area (TPSA) is 38.7 Å². The third-order valence-corrected chi connectivity index (χ3v) is 12.0. The second-order valence-corrected chi connectivity index (χ2v) is 15.0. The van der Waals surface area contributed by atoms with Gasteiger partial charge in [-0.3, -0.25) is 0 Å². The van der Waals surface area contributed by atoms with Crippen molar-refractivity contribution in [2.24, 2.45) is 0 Å². The van der Waals surface area contributed by atoms with Gasteiger partial charge in [-0.2, -0.15) is 0 Å². The fourth-order valence-corrected chi connectivity index (χ4v) is 9.34. The lowest BCUT2D eigenvalue weighted by Gasteiger charge is -2.16. The van der Waals surface area contributed by atoms with E-state index >= 15 is 0 Å². The van der Waals surface area contributed by atoms with Crippen LogP contribution in [0.25, 0.3) is 109 Å². The Balaban J connectivity index is 1.08. The Morgan fingerprint density at radius 2 is 0.709 bits per heavy atom. The van der Waals surface area contributed by atoms with Gasteiger partial charge in [-0.1, -0.05) is 170 Å². The van der Waals surface area contributed by atoms with Crippen LogP contribution in [0, 0.1) is 0 Å². The number of hydrogen-bond donors (Lipinski definition) is 0. The molecule has 0 amide bonds. The summed E-state index contributed by atoms with van der Waals surface area (Å²) in [4.78, 5) is 14.8. The van der Waals surface area contributed by atoms with Crippen molar-refractivity contribution in [2.75, 3.05) is 0 Å². The van der Waals surface area contributed by atoms with Gasteiger partial charge in [0.2, 0.25) is 0 Å². The predicted octanol–water partition coefficient (Wildman–Crippen LogP) is 14.0. The molecular formula is C51H31N3S. The second kappa shape index (κ2) is 12.8. The SMILES string of the molecule is c1ccc(-c2nc(-c3ccccc3)nc(-c3ccc(-c4cc5c6ccccc6c(-c6cccc7c6sc6ccccc67)cc5c5ccccc45)cc3)n2)cc1. The first kappa shape index (κ1) is 31.5. The monoisotopic (exact) mass is 717 g/mol. The van der Waals surface area contributed by atoms with Crippen molar-refractivity contribution in [1.82, 2.24) is 15.0 Å². The molecule has 0 fully saturated rings. The van der Waals surface area contributed by atoms with Crippen molar-refractivity contribution in [3.63, 3.8) is 0 Å². The first-order chi connectivity index (χ1) is 27.3. The van der Waals surface area contributed by atoms with Gasteiger partial charge in [0, 0.05) is 42.4 Å². The van der Waals surface area contributed by atoms with Crippen LogP contribution < -0.4 is 0 Å². The van der Waals surface area contributed by atoms with E-state index in [1.807, 2.05) is 72.0 Å². The summed E-state index contributed by atoms with van der Waals surface area (Å²) < 4.78 is 2.65. The van der Waals surface area contributed by atoms with Crippen molar-refractivity contribution < 1.29 is 0 Å².